The number of Topliss-reactive ketones (excluding diaryl/α,β-unsaturated/α-hetero) is 1. The maximum atomic E-state index is 11.6. The molecule has 2 atom stereocenters. The van der Waals surface area contributed by atoms with Crippen LogP contribution >= 0.6 is 0 Å². The van der Waals surface area contributed by atoms with Gasteiger partial charge < -0.3 is 0 Å². The Bertz CT molecular complexity index is 126. The maximum absolute atomic E-state index is 11.6. The fourth-order valence-corrected chi connectivity index (χ4v) is 2.04. The zero-order chi connectivity index (χ0) is 8.27. The van der Waals surface area contributed by atoms with Crippen molar-refractivity contribution in [1.82, 2.24) is 0 Å². The molecular weight excluding hydrogens is 136 g/mol. The molecule has 2 unspecified atom stereocenters. The molecule has 0 heterocycles. The highest BCUT2D eigenvalue weighted by Crippen LogP contribution is 2.29. The van der Waals surface area contributed by atoms with Gasteiger partial charge in [0.2, 0.25) is 0 Å². The average Bonchev–Trinajstić information content (AvgIpc) is 2.05. The standard InChI is InChI=1S/C10H18O/c1-3-8-6-5-7-9(4-2)10(8)11/h8-9H,3-7H2,1-2H3. The summed E-state index contributed by atoms with van der Waals surface area (Å²) in [6, 6.07) is 0. The molecule has 0 amide bonds. The molecule has 11 heavy (non-hydrogen) atoms. The van der Waals surface area contributed by atoms with Crippen molar-refractivity contribution >= 4 is 5.78 Å². The Morgan fingerprint density at radius 1 is 1.18 bits per heavy atom. The van der Waals surface area contributed by atoms with Gasteiger partial charge in [-0.2, -0.15) is 0 Å². The highest BCUT2D eigenvalue weighted by molar-refractivity contribution is 5.83. The van der Waals surface area contributed by atoms with Gasteiger partial charge in [-0.15, -0.1) is 0 Å². The normalized spacial score (nSPS) is 32.4. The molecule has 0 aliphatic heterocycles. The van der Waals surface area contributed by atoms with Crippen LogP contribution in [0.15, 0.2) is 0 Å². The largest absolute Gasteiger partial charge is 0.299 e. The topological polar surface area (TPSA) is 17.1 Å². The zero-order valence-electron chi connectivity index (χ0n) is 7.60. The molecule has 0 aromatic carbocycles. The Balaban J connectivity index is 2.52. The Kier molecular flexibility index (Phi) is 3.10. The highest BCUT2D eigenvalue weighted by Gasteiger charge is 2.28. The van der Waals surface area contributed by atoms with Crippen LogP contribution in [0.5, 0.6) is 0 Å². The van der Waals surface area contributed by atoms with Crippen molar-refractivity contribution < 1.29 is 4.79 Å². The second-order valence-corrected chi connectivity index (χ2v) is 3.54. The van der Waals surface area contributed by atoms with E-state index in [1.54, 1.807) is 0 Å². The van der Waals surface area contributed by atoms with E-state index < -0.39 is 0 Å². The molecular formula is C10H18O. The molecule has 0 spiro atoms. The van der Waals surface area contributed by atoms with Crippen molar-refractivity contribution in [2.45, 2.75) is 46.0 Å². The van der Waals surface area contributed by atoms with Crippen LogP contribution in [0.3, 0.4) is 0 Å². The van der Waals surface area contributed by atoms with Gasteiger partial charge in [-0.05, 0) is 25.7 Å². The fraction of sp³-hybridized carbons (Fsp3) is 0.900. The minimum atomic E-state index is 0.397. The van der Waals surface area contributed by atoms with Gasteiger partial charge in [0.1, 0.15) is 5.78 Å². The Hall–Kier alpha value is -0.330. The minimum Gasteiger partial charge on any atom is -0.299 e. The van der Waals surface area contributed by atoms with E-state index in [0.29, 0.717) is 17.6 Å². The molecule has 0 aromatic rings. The van der Waals surface area contributed by atoms with Crippen molar-refractivity contribution in [3.8, 4) is 0 Å². The zero-order valence-corrected chi connectivity index (χ0v) is 7.60. The average molecular weight is 154 g/mol. The van der Waals surface area contributed by atoms with E-state index in [-0.39, 0.29) is 0 Å². The summed E-state index contributed by atoms with van der Waals surface area (Å²) in [5, 5.41) is 0. The monoisotopic (exact) mass is 154 g/mol. The number of hydrogen-bond donors (Lipinski definition) is 0. The fourth-order valence-electron chi connectivity index (χ4n) is 2.04. The lowest BCUT2D eigenvalue weighted by atomic mass is 9.78. The minimum absolute atomic E-state index is 0.397. The Morgan fingerprint density at radius 3 is 2.00 bits per heavy atom. The van der Waals surface area contributed by atoms with Crippen LogP contribution in [0, 0.1) is 11.8 Å². The predicted molar refractivity (Wildman–Crippen MR) is 46.4 cm³/mol. The molecule has 64 valence electrons. The SMILES string of the molecule is CCC1CCCC(CC)C1=O. The van der Waals surface area contributed by atoms with E-state index in [1.165, 1.54) is 6.42 Å². The van der Waals surface area contributed by atoms with Gasteiger partial charge in [0, 0.05) is 11.8 Å². The lowest BCUT2D eigenvalue weighted by Gasteiger charge is -2.25. The lowest BCUT2D eigenvalue weighted by molar-refractivity contribution is -0.129. The first kappa shape index (κ1) is 8.76. The molecule has 1 rings (SSSR count). The van der Waals surface area contributed by atoms with Crippen LogP contribution in [-0.4, -0.2) is 5.78 Å². The third-order valence-corrected chi connectivity index (χ3v) is 2.90. The van der Waals surface area contributed by atoms with E-state index in [0.717, 1.165) is 25.7 Å². The number of rotatable bonds is 2. The molecule has 0 saturated heterocycles. The van der Waals surface area contributed by atoms with Gasteiger partial charge >= 0.3 is 0 Å². The predicted octanol–water partition coefficient (Wildman–Crippen LogP) is 2.79. The van der Waals surface area contributed by atoms with Crippen LogP contribution < -0.4 is 0 Å². The van der Waals surface area contributed by atoms with E-state index in [1.807, 2.05) is 0 Å². The molecule has 0 bridgehead atoms. The van der Waals surface area contributed by atoms with Gasteiger partial charge in [0.05, 0.1) is 0 Å². The number of ketones is 1. The van der Waals surface area contributed by atoms with Gasteiger partial charge in [-0.25, -0.2) is 0 Å². The number of hydrogen-bond acceptors (Lipinski definition) is 1. The van der Waals surface area contributed by atoms with Crippen molar-refractivity contribution in [2.24, 2.45) is 11.8 Å². The summed E-state index contributed by atoms with van der Waals surface area (Å²) in [4.78, 5) is 11.6. The smallest absolute Gasteiger partial charge is 0.139 e. The van der Waals surface area contributed by atoms with Crippen molar-refractivity contribution in [3.63, 3.8) is 0 Å². The summed E-state index contributed by atoms with van der Waals surface area (Å²) < 4.78 is 0. The number of carbonyl (C=O) groups is 1. The molecule has 0 radical (unpaired) electrons. The first-order valence-electron chi connectivity index (χ1n) is 4.83. The third kappa shape index (κ3) is 1.82. The van der Waals surface area contributed by atoms with Gasteiger partial charge in [-0.3, -0.25) is 4.79 Å². The summed E-state index contributed by atoms with van der Waals surface area (Å²) in [6.45, 7) is 4.25. The first-order chi connectivity index (χ1) is 5.29. The van der Waals surface area contributed by atoms with E-state index in [4.69, 9.17) is 0 Å². The molecule has 0 N–H and O–H groups in total. The van der Waals surface area contributed by atoms with E-state index in [2.05, 4.69) is 13.8 Å². The van der Waals surface area contributed by atoms with E-state index in [9.17, 15) is 4.79 Å². The highest BCUT2D eigenvalue weighted by atomic mass is 16.1. The third-order valence-electron chi connectivity index (χ3n) is 2.90. The number of carbonyl (C=O) groups excluding carboxylic acids is 1. The maximum Gasteiger partial charge on any atom is 0.139 e. The summed E-state index contributed by atoms with van der Waals surface area (Å²) in [5.74, 6) is 1.34. The Labute approximate surface area is 69.2 Å². The van der Waals surface area contributed by atoms with Crippen LogP contribution in [0.4, 0.5) is 0 Å². The first-order valence-corrected chi connectivity index (χ1v) is 4.83. The summed E-state index contributed by atoms with van der Waals surface area (Å²) in [7, 11) is 0. The summed E-state index contributed by atoms with van der Waals surface area (Å²) in [5.41, 5.74) is 0. The quantitative estimate of drug-likeness (QED) is 0.597. The van der Waals surface area contributed by atoms with Crippen LogP contribution in [0.1, 0.15) is 46.0 Å². The molecule has 1 saturated carbocycles. The van der Waals surface area contributed by atoms with Crippen LogP contribution in [-0.2, 0) is 4.79 Å². The molecule has 1 aliphatic rings. The van der Waals surface area contributed by atoms with Crippen molar-refractivity contribution in [1.29, 1.82) is 0 Å². The summed E-state index contributed by atoms with van der Waals surface area (Å²) >= 11 is 0. The molecule has 1 heteroatoms. The summed E-state index contributed by atoms with van der Waals surface area (Å²) in [6.07, 6.45) is 5.66. The van der Waals surface area contributed by atoms with Crippen LogP contribution in [0.25, 0.3) is 0 Å². The molecule has 1 nitrogen and oxygen atoms in total. The van der Waals surface area contributed by atoms with Crippen molar-refractivity contribution in [2.75, 3.05) is 0 Å². The lowest BCUT2D eigenvalue weighted by Crippen LogP contribution is -2.27. The van der Waals surface area contributed by atoms with Crippen LogP contribution in [0.2, 0.25) is 0 Å². The molecule has 1 fully saturated rings. The molecule has 1 aliphatic carbocycles. The van der Waals surface area contributed by atoms with Crippen molar-refractivity contribution in [3.05, 3.63) is 0 Å². The molecule has 0 aromatic heterocycles. The Morgan fingerprint density at radius 2 is 1.64 bits per heavy atom. The van der Waals surface area contributed by atoms with E-state index >= 15 is 0 Å². The second kappa shape index (κ2) is 3.89. The second-order valence-electron chi connectivity index (χ2n) is 3.54. The van der Waals surface area contributed by atoms with Gasteiger partial charge in [0.15, 0.2) is 0 Å². The van der Waals surface area contributed by atoms with Gasteiger partial charge in [0.25, 0.3) is 0 Å². The van der Waals surface area contributed by atoms with Gasteiger partial charge in [-0.1, -0.05) is 20.3 Å².